The molecule has 4 rings (SSSR count). The molecule has 1 spiro atoms. The Hall–Kier alpha value is -2.43. The zero-order chi connectivity index (χ0) is 17.3. The highest BCUT2D eigenvalue weighted by atomic mass is 16.2. The third kappa shape index (κ3) is 3.11. The van der Waals surface area contributed by atoms with Gasteiger partial charge in [-0.1, -0.05) is 29.8 Å². The lowest BCUT2D eigenvalue weighted by Gasteiger charge is -2.45. The topological polar surface area (TPSA) is 49.3 Å². The predicted octanol–water partition coefficient (Wildman–Crippen LogP) is 2.95. The van der Waals surface area contributed by atoms with Crippen molar-refractivity contribution in [1.82, 2.24) is 14.9 Å². The molecule has 0 atom stereocenters. The summed E-state index contributed by atoms with van der Waals surface area (Å²) >= 11 is 0. The van der Waals surface area contributed by atoms with Gasteiger partial charge in [0.05, 0.1) is 0 Å². The van der Waals surface area contributed by atoms with Gasteiger partial charge in [-0.25, -0.2) is 9.97 Å². The number of hydrogen-bond donors (Lipinski definition) is 0. The van der Waals surface area contributed by atoms with Gasteiger partial charge < -0.3 is 9.80 Å². The van der Waals surface area contributed by atoms with Crippen LogP contribution in [0.15, 0.2) is 42.7 Å². The van der Waals surface area contributed by atoms with Gasteiger partial charge in [0.15, 0.2) is 0 Å². The third-order valence-electron chi connectivity index (χ3n) is 5.63. The van der Waals surface area contributed by atoms with Crippen LogP contribution in [0.5, 0.6) is 0 Å². The maximum atomic E-state index is 12.6. The molecule has 0 radical (unpaired) electrons. The van der Waals surface area contributed by atoms with Crippen LogP contribution in [0.2, 0.25) is 0 Å². The second kappa shape index (κ2) is 6.47. The zero-order valence-electron chi connectivity index (χ0n) is 14.7. The number of benzene rings is 1. The first-order valence-electron chi connectivity index (χ1n) is 9.04. The SMILES string of the molecule is Cc1cccc(CN2C(=O)CCC23CCN(c2ncccn2)CC3)c1. The fourth-order valence-electron chi connectivity index (χ4n) is 4.22. The molecular weight excluding hydrogens is 312 g/mol. The predicted molar refractivity (Wildman–Crippen MR) is 97.2 cm³/mol. The van der Waals surface area contributed by atoms with Crippen LogP contribution in [0.1, 0.15) is 36.8 Å². The van der Waals surface area contributed by atoms with E-state index in [0.29, 0.717) is 12.3 Å². The minimum absolute atomic E-state index is 0.00606. The molecule has 130 valence electrons. The van der Waals surface area contributed by atoms with Crippen LogP contribution < -0.4 is 4.90 Å². The lowest BCUT2D eigenvalue weighted by Crippen LogP contribution is -2.53. The van der Waals surface area contributed by atoms with Crippen molar-refractivity contribution in [1.29, 1.82) is 0 Å². The molecule has 0 N–H and O–H groups in total. The molecule has 2 aliphatic heterocycles. The molecule has 3 heterocycles. The summed E-state index contributed by atoms with van der Waals surface area (Å²) in [6.45, 7) is 4.63. The molecule has 1 aromatic carbocycles. The van der Waals surface area contributed by atoms with Gasteiger partial charge in [0.1, 0.15) is 0 Å². The first-order valence-corrected chi connectivity index (χ1v) is 9.04. The van der Waals surface area contributed by atoms with Crippen molar-refractivity contribution in [2.24, 2.45) is 0 Å². The van der Waals surface area contributed by atoms with E-state index in [4.69, 9.17) is 0 Å². The fourth-order valence-corrected chi connectivity index (χ4v) is 4.22. The molecule has 1 aromatic heterocycles. The highest BCUT2D eigenvalue weighted by Gasteiger charge is 2.46. The van der Waals surface area contributed by atoms with E-state index in [2.05, 4.69) is 51.0 Å². The van der Waals surface area contributed by atoms with Crippen LogP contribution in [-0.2, 0) is 11.3 Å². The standard InChI is InChI=1S/C20H24N4O/c1-16-4-2-5-17(14-16)15-24-18(25)6-7-20(24)8-12-23(13-9-20)19-21-10-3-11-22-19/h2-5,10-11,14H,6-9,12-13,15H2,1H3. The number of aromatic nitrogens is 2. The largest absolute Gasteiger partial charge is 0.341 e. The molecule has 2 aromatic rings. The molecule has 2 saturated heterocycles. The average Bonchev–Trinajstić information content (AvgIpc) is 2.93. The van der Waals surface area contributed by atoms with Gasteiger partial charge in [-0.2, -0.15) is 0 Å². The Morgan fingerprint density at radius 1 is 1.08 bits per heavy atom. The molecule has 25 heavy (non-hydrogen) atoms. The maximum absolute atomic E-state index is 12.6. The molecule has 5 nitrogen and oxygen atoms in total. The molecule has 0 saturated carbocycles. The minimum atomic E-state index is 0.00606. The van der Waals surface area contributed by atoms with E-state index in [0.717, 1.165) is 44.8 Å². The van der Waals surface area contributed by atoms with Crippen LogP contribution in [0, 0.1) is 6.92 Å². The van der Waals surface area contributed by atoms with Crippen molar-refractivity contribution in [3.05, 3.63) is 53.9 Å². The number of amides is 1. The van der Waals surface area contributed by atoms with Crippen molar-refractivity contribution < 1.29 is 4.79 Å². The number of piperidine rings is 1. The van der Waals surface area contributed by atoms with Gasteiger partial charge in [-0.05, 0) is 37.8 Å². The van der Waals surface area contributed by atoms with E-state index < -0.39 is 0 Å². The molecule has 0 aliphatic carbocycles. The first kappa shape index (κ1) is 16.1. The van der Waals surface area contributed by atoms with Crippen LogP contribution in [0.3, 0.4) is 0 Å². The summed E-state index contributed by atoms with van der Waals surface area (Å²) < 4.78 is 0. The monoisotopic (exact) mass is 336 g/mol. The van der Waals surface area contributed by atoms with E-state index >= 15 is 0 Å². The van der Waals surface area contributed by atoms with E-state index in [1.54, 1.807) is 12.4 Å². The van der Waals surface area contributed by atoms with Crippen molar-refractivity contribution in [3.63, 3.8) is 0 Å². The van der Waals surface area contributed by atoms with Crippen molar-refractivity contribution in [3.8, 4) is 0 Å². The Bertz CT molecular complexity index is 753. The molecule has 0 unspecified atom stereocenters. The van der Waals surface area contributed by atoms with E-state index in [9.17, 15) is 4.79 Å². The van der Waals surface area contributed by atoms with Crippen LogP contribution in [0.25, 0.3) is 0 Å². The molecule has 0 bridgehead atoms. The molecule has 1 amide bonds. The van der Waals surface area contributed by atoms with Gasteiger partial charge in [0, 0.05) is 44.0 Å². The lowest BCUT2D eigenvalue weighted by atomic mass is 9.84. The lowest BCUT2D eigenvalue weighted by molar-refractivity contribution is -0.132. The highest BCUT2D eigenvalue weighted by Crippen LogP contribution is 2.40. The molecule has 2 aliphatic rings. The second-order valence-corrected chi connectivity index (χ2v) is 7.23. The van der Waals surface area contributed by atoms with Gasteiger partial charge in [0.25, 0.3) is 0 Å². The number of carbonyl (C=O) groups is 1. The number of rotatable bonds is 3. The summed E-state index contributed by atoms with van der Waals surface area (Å²) in [6.07, 6.45) is 7.20. The van der Waals surface area contributed by atoms with E-state index in [1.807, 2.05) is 6.07 Å². The number of anilines is 1. The quantitative estimate of drug-likeness (QED) is 0.865. The number of nitrogens with zero attached hydrogens (tertiary/aromatic N) is 4. The van der Waals surface area contributed by atoms with Crippen molar-refractivity contribution >= 4 is 11.9 Å². The smallest absolute Gasteiger partial charge is 0.225 e. The van der Waals surface area contributed by atoms with Crippen molar-refractivity contribution in [2.45, 2.75) is 44.7 Å². The summed E-state index contributed by atoms with van der Waals surface area (Å²) in [5.41, 5.74) is 2.48. The minimum Gasteiger partial charge on any atom is -0.341 e. The number of carbonyl (C=O) groups excluding carboxylic acids is 1. The van der Waals surface area contributed by atoms with Crippen LogP contribution in [0.4, 0.5) is 5.95 Å². The average molecular weight is 336 g/mol. The Kier molecular flexibility index (Phi) is 4.15. The molecular formula is C20H24N4O. The highest BCUT2D eigenvalue weighted by molar-refractivity contribution is 5.79. The number of aryl methyl sites for hydroxylation is 1. The maximum Gasteiger partial charge on any atom is 0.225 e. The summed E-state index contributed by atoms with van der Waals surface area (Å²) in [5, 5.41) is 0. The molecule has 2 fully saturated rings. The van der Waals surface area contributed by atoms with Crippen LogP contribution >= 0.6 is 0 Å². The summed E-state index contributed by atoms with van der Waals surface area (Å²) in [6, 6.07) is 10.3. The van der Waals surface area contributed by atoms with Crippen molar-refractivity contribution in [2.75, 3.05) is 18.0 Å². The van der Waals surface area contributed by atoms with Gasteiger partial charge in [-0.15, -0.1) is 0 Å². The van der Waals surface area contributed by atoms with Gasteiger partial charge >= 0.3 is 0 Å². The second-order valence-electron chi connectivity index (χ2n) is 7.23. The fraction of sp³-hybridized carbons (Fsp3) is 0.450. The van der Waals surface area contributed by atoms with E-state index in [1.165, 1.54) is 11.1 Å². The first-order chi connectivity index (χ1) is 12.2. The van der Waals surface area contributed by atoms with Crippen LogP contribution in [-0.4, -0.2) is 39.4 Å². The third-order valence-corrected chi connectivity index (χ3v) is 5.63. The van der Waals surface area contributed by atoms with Gasteiger partial charge in [0.2, 0.25) is 11.9 Å². The summed E-state index contributed by atoms with van der Waals surface area (Å²) in [4.78, 5) is 25.7. The summed E-state index contributed by atoms with van der Waals surface area (Å²) in [7, 11) is 0. The Balaban J connectivity index is 1.50. The Morgan fingerprint density at radius 2 is 1.84 bits per heavy atom. The summed E-state index contributed by atoms with van der Waals surface area (Å²) in [5.74, 6) is 1.10. The number of hydrogen-bond acceptors (Lipinski definition) is 4. The van der Waals surface area contributed by atoms with Gasteiger partial charge in [-0.3, -0.25) is 4.79 Å². The Morgan fingerprint density at radius 3 is 2.56 bits per heavy atom. The number of likely N-dealkylation sites (tertiary alicyclic amines) is 1. The Labute approximate surface area is 148 Å². The van der Waals surface area contributed by atoms with E-state index in [-0.39, 0.29) is 5.54 Å². The normalized spacial score (nSPS) is 19.6. The molecule has 5 heteroatoms. The zero-order valence-corrected chi connectivity index (χ0v) is 14.7.